The summed E-state index contributed by atoms with van der Waals surface area (Å²) in [4.78, 5) is 27.5. The first kappa shape index (κ1) is 22.9. The van der Waals surface area contributed by atoms with Crippen molar-refractivity contribution in [2.24, 2.45) is 0 Å². The summed E-state index contributed by atoms with van der Waals surface area (Å²) in [6.45, 7) is -0.785. The number of alkyl halides is 2. The van der Waals surface area contributed by atoms with Gasteiger partial charge < -0.3 is 14.4 Å². The Hall–Kier alpha value is -3.74. The van der Waals surface area contributed by atoms with Gasteiger partial charge in [0.25, 0.3) is 5.91 Å². The average molecular weight is 439 g/mol. The standard InChI is InChI=1S/C25H23F2NO4/c1-3-31-22-15-17(13-14-21(22)32-25(26)27)16-28(2)24(30)20-12-8-7-11-19(20)23(29)18-9-5-4-6-10-18/h4-15,25H,3,16H2,1-2H3. The zero-order valence-corrected chi connectivity index (χ0v) is 17.8. The first-order valence-corrected chi connectivity index (χ1v) is 10.1. The molecule has 0 saturated heterocycles. The van der Waals surface area contributed by atoms with Gasteiger partial charge in [-0.05, 0) is 30.7 Å². The minimum Gasteiger partial charge on any atom is -0.490 e. The van der Waals surface area contributed by atoms with E-state index in [9.17, 15) is 18.4 Å². The Morgan fingerprint density at radius 3 is 2.22 bits per heavy atom. The van der Waals surface area contributed by atoms with Crippen LogP contribution >= 0.6 is 0 Å². The molecule has 0 aliphatic heterocycles. The lowest BCUT2D eigenvalue weighted by Gasteiger charge is -2.20. The maximum Gasteiger partial charge on any atom is 0.387 e. The summed E-state index contributed by atoms with van der Waals surface area (Å²) in [6.07, 6.45) is 0. The van der Waals surface area contributed by atoms with Gasteiger partial charge in [0.2, 0.25) is 0 Å². The van der Waals surface area contributed by atoms with E-state index in [-0.39, 0.29) is 41.9 Å². The van der Waals surface area contributed by atoms with Crippen molar-refractivity contribution in [1.29, 1.82) is 0 Å². The van der Waals surface area contributed by atoms with Crippen molar-refractivity contribution in [3.05, 3.63) is 95.1 Å². The molecule has 0 heterocycles. The van der Waals surface area contributed by atoms with Gasteiger partial charge in [-0.1, -0.05) is 54.6 Å². The molecule has 1 amide bonds. The Bertz CT molecular complexity index is 1090. The van der Waals surface area contributed by atoms with E-state index in [4.69, 9.17) is 4.74 Å². The van der Waals surface area contributed by atoms with Crippen LogP contribution in [0.4, 0.5) is 8.78 Å². The van der Waals surface area contributed by atoms with Crippen molar-refractivity contribution in [3.63, 3.8) is 0 Å². The number of carbonyl (C=O) groups is 2. The van der Waals surface area contributed by atoms with Crippen molar-refractivity contribution in [1.82, 2.24) is 4.90 Å². The van der Waals surface area contributed by atoms with Crippen molar-refractivity contribution in [3.8, 4) is 11.5 Å². The number of hydrogen-bond donors (Lipinski definition) is 0. The molecule has 3 aromatic rings. The SMILES string of the molecule is CCOc1cc(CN(C)C(=O)c2ccccc2C(=O)c2ccccc2)ccc1OC(F)F. The molecule has 0 saturated carbocycles. The number of ether oxygens (including phenoxy) is 2. The smallest absolute Gasteiger partial charge is 0.387 e. The Balaban J connectivity index is 1.82. The molecule has 0 unspecified atom stereocenters. The molecule has 0 radical (unpaired) electrons. The van der Waals surface area contributed by atoms with Crippen LogP contribution in [0.25, 0.3) is 0 Å². The number of halogens is 2. The van der Waals surface area contributed by atoms with E-state index in [0.29, 0.717) is 16.7 Å². The predicted octanol–water partition coefficient (Wildman–Crippen LogP) is 5.19. The van der Waals surface area contributed by atoms with Crippen LogP contribution in [-0.4, -0.2) is 36.9 Å². The van der Waals surface area contributed by atoms with Gasteiger partial charge in [-0.2, -0.15) is 8.78 Å². The van der Waals surface area contributed by atoms with Crippen LogP contribution in [0.15, 0.2) is 72.8 Å². The summed E-state index contributed by atoms with van der Waals surface area (Å²) < 4.78 is 35.1. The number of carbonyl (C=O) groups excluding carboxylic acids is 2. The molecule has 0 aliphatic rings. The zero-order chi connectivity index (χ0) is 23.1. The van der Waals surface area contributed by atoms with E-state index in [1.165, 1.54) is 11.0 Å². The van der Waals surface area contributed by atoms with E-state index in [1.807, 2.05) is 6.07 Å². The third kappa shape index (κ3) is 5.49. The van der Waals surface area contributed by atoms with E-state index >= 15 is 0 Å². The number of ketones is 1. The normalized spacial score (nSPS) is 10.7. The molecule has 0 fully saturated rings. The topological polar surface area (TPSA) is 55.8 Å². The second kappa shape index (κ2) is 10.5. The maximum atomic E-state index is 13.1. The minimum absolute atomic E-state index is 0.0709. The predicted molar refractivity (Wildman–Crippen MR) is 116 cm³/mol. The molecule has 7 heteroatoms. The highest BCUT2D eigenvalue weighted by molar-refractivity contribution is 6.15. The van der Waals surface area contributed by atoms with Crippen LogP contribution in [0.2, 0.25) is 0 Å². The average Bonchev–Trinajstić information content (AvgIpc) is 2.80. The summed E-state index contributed by atoms with van der Waals surface area (Å²) in [5.41, 5.74) is 1.75. The largest absolute Gasteiger partial charge is 0.490 e. The lowest BCUT2D eigenvalue weighted by molar-refractivity contribution is -0.0514. The van der Waals surface area contributed by atoms with Gasteiger partial charge in [-0.25, -0.2) is 0 Å². The molecule has 0 spiro atoms. The van der Waals surface area contributed by atoms with Crippen LogP contribution in [0, 0.1) is 0 Å². The fraction of sp³-hybridized carbons (Fsp3) is 0.200. The third-order valence-electron chi connectivity index (χ3n) is 4.73. The van der Waals surface area contributed by atoms with E-state index < -0.39 is 6.61 Å². The van der Waals surface area contributed by atoms with Crippen LogP contribution < -0.4 is 9.47 Å². The number of hydrogen-bond acceptors (Lipinski definition) is 4. The van der Waals surface area contributed by atoms with E-state index in [1.54, 1.807) is 74.6 Å². The molecule has 5 nitrogen and oxygen atoms in total. The van der Waals surface area contributed by atoms with Crippen molar-refractivity contribution in [2.45, 2.75) is 20.1 Å². The summed E-state index contributed by atoms with van der Waals surface area (Å²) in [7, 11) is 1.61. The molecular weight excluding hydrogens is 416 g/mol. The third-order valence-corrected chi connectivity index (χ3v) is 4.73. The molecule has 0 N–H and O–H groups in total. The Kier molecular flexibility index (Phi) is 7.54. The van der Waals surface area contributed by atoms with Gasteiger partial charge in [0.15, 0.2) is 17.3 Å². The lowest BCUT2D eigenvalue weighted by Crippen LogP contribution is -2.28. The summed E-state index contributed by atoms with van der Waals surface area (Å²) >= 11 is 0. The fourth-order valence-electron chi connectivity index (χ4n) is 3.28. The highest BCUT2D eigenvalue weighted by Gasteiger charge is 2.21. The number of rotatable bonds is 9. The van der Waals surface area contributed by atoms with Gasteiger partial charge in [0, 0.05) is 24.7 Å². The summed E-state index contributed by atoms with van der Waals surface area (Å²) in [5, 5.41) is 0. The molecule has 0 bridgehead atoms. The van der Waals surface area contributed by atoms with Gasteiger partial charge in [-0.3, -0.25) is 9.59 Å². The van der Waals surface area contributed by atoms with Crippen LogP contribution in [0.3, 0.4) is 0 Å². The second-order valence-electron chi connectivity index (χ2n) is 6.99. The molecule has 0 aromatic heterocycles. The zero-order valence-electron chi connectivity index (χ0n) is 17.8. The van der Waals surface area contributed by atoms with Crippen molar-refractivity contribution in [2.75, 3.05) is 13.7 Å². The summed E-state index contributed by atoms with van der Waals surface area (Å²) in [5.74, 6) is -0.477. The van der Waals surface area contributed by atoms with Crippen molar-refractivity contribution >= 4 is 11.7 Å². The molecule has 166 valence electrons. The lowest BCUT2D eigenvalue weighted by atomic mass is 9.97. The molecular formula is C25H23F2NO4. The highest BCUT2D eigenvalue weighted by atomic mass is 19.3. The first-order valence-electron chi connectivity index (χ1n) is 10.1. The Labute approximate surface area is 185 Å². The second-order valence-corrected chi connectivity index (χ2v) is 6.99. The van der Waals surface area contributed by atoms with Gasteiger partial charge >= 0.3 is 6.61 Å². The van der Waals surface area contributed by atoms with Crippen LogP contribution in [0.1, 0.15) is 38.8 Å². The number of amides is 1. The quantitative estimate of drug-likeness (QED) is 0.431. The molecule has 0 aliphatic carbocycles. The fourth-order valence-corrected chi connectivity index (χ4v) is 3.28. The molecule has 0 atom stereocenters. The monoisotopic (exact) mass is 439 g/mol. The van der Waals surface area contributed by atoms with Crippen molar-refractivity contribution < 1.29 is 27.8 Å². The van der Waals surface area contributed by atoms with Crippen LogP contribution in [0.5, 0.6) is 11.5 Å². The highest BCUT2D eigenvalue weighted by Crippen LogP contribution is 2.30. The minimum atomic E-state index is -2.97. The number of benzene rings is 3. The number of nitrogens with zero attached hydrogens (tertiary/aromatic N) is 1. The van der Waals surface area contributed by atoms with Gasteiger partial charge in [0.05, 0.1) is 12.2 Å². The van der Waals surface area contributed by atoms with Gasteiger partial charge in [0.1, 0.15) is 0 Å². The molecule has 3 aromatic carbocycles. The van der Waals surface area contributed by atoms with E-state index in [2.05, 4.69) is 4.74 Å². The molecule has 32 heavy (non-hydrogen) atoms. The summed E-state index contributed by atoms with van der Waals surface area (Å²) in [6, 6.07) is 19.9. The molecule has 3 rings (SSSR count). The van der Waals surface area contributed by atoms with E-state index in [0.717, 1.165) is 0 Å². The van der Waals surface area contributed by atoms with Gasteiger partial charge in [-0.15, -0.1) is 0 Å². The first-order chi connectivity index (χ1) is 15.4. The maximum absolute atomic E-state index is 13.1. The Morgan fingerprint density at radius 2 is 1.56 bits per heavy atom. The Morgan fingerprint density at radius 1 is 0.906 bits per heavy atom. The van der Waals surface area contributed by atoms with Crippen LogP contribution in [-0.2, 0) is 6.54 Å².